The topological polar surface area (TPSA) is 63.6 Å². The van der Waals surface area contributed by atoms with Crippen LogP contribution in [0, 0.1) is 5.41 Å². The van der Waals surface area contributed by atoms with Gasteiger partial charge in [-0.3, -0.25) is 0 Å². The van der Waals surface area contributed by atoms with Crippen LogP contribution >= 0.6 is 0 Å². The molecule has 0 aliphatic carbocycles. The lowest BCUT2D eigenvalue weighted by atomic mass is 9.99. The molecular formula is C9H14O4. The van der Waals surface area contributed by atoms with E-state index in [1.807, 2.05) is 20.8 Å². The van der Waals surface area contributed by atoms with Crippen LogP contribution < -0.4 is 0 Å². The maximum Gasteiger partial charge on any atom is 0.331 e. The Hall–Kier alpha value is -1.32. The van der Waals surface area contributed by atoms with Crippen molar-refractivity contribution in [3.8, 4) is 0 Å². The molecule has 4 nitrogen and oxygen atoms in total. The molecule has 13 heavy (non-hydrogen) atoms. The minimum atomic E-state index is -1.16. The third kappa shape index (κ3) is 8.59. The molecule has 0 aliphatic rings. The van der Waals surface area contributed by atoms with Gasteiger partial charge in [0.05, 0.1) is 6.61 Å². The summed E-state index contributed by atoms with van der Waals surface area (Å²) in [6, 6.07) is 0. The highest BCUT2D eigenvalue weighted by atomic mass is 16.5. The Morgan fingerprint density at radius 3 is 2.23 bits per heavy atom. The Morgan fingerprint density at radius 2 is 1.85 bits per heavy atom. The second kappa shape index (κ2) is 4.64. The van der Waals surface area contributed by atoms with Gasteiger partial charge in [-0.05, 0) is 5.41 Å². The first-order chi connectivity index (χ1) is 5.81. The van der Waals surface area contributed by atoms with Gasteiger partial charge < -0.3 is 9.84 Å². The zero-order valence-electron chi connectivity index (χ0n) is 8.03. The van der Waals surface area contributed by atoms with E-state index >= 15 is 0 Å². The first kappa shape index (κ1) is 11.7. The molecule has 0 rings (SSSR count). The number of carboxylic acid groups (broad SMARTS) is 1. The van der Waals surface area contributed by atoms with Gasteiger partial charge in [-0.15, -0.1) is 0 Å². The van der Waals surface area contributed by atoms with Crippen molar-refractivity contribution in [3.05, 3.63) is 12.2 Å². The molecule has 4 heteroatoms. The van der Waals surface area contributed by atoms with E-state index in [-0.39, 0.29) is 12.0 Å². The number of esters is 1. The van der Waals surface area contributed by atoms with Crippen LogP contribution in [0.5, 0.6) is 0 Å². The van der Waals surface area contributed by atoms with Crippen molar-refractivity contribution in [1.82, 2.24) is 0 Å². The smallest absolute Gasteiger partial charge is 0.331 e. The van der Waals surface area contributed by atoms with Crippen LogP contribution in [-0.4, -0.2) is 23.7 Å². The van der Waals surface area contributed by atoms with Crippen LogP contribution in [0.4, 0.5) is 0 Å². The highest BCUT2D eigenvalue weighted by Crippen LogP contribution is 2.12. The highest BCUT2D eigenvalue weighted by molar-refractivity contribution is 5.90. The Labute approximate surface area is 77.2 Å². The van der Waals surface area contributed by atoms with Crippen molar-refractivity contribution in [2.24, 2.45) is 5.41 Å². The van der Waals surface area contributed by atoms with Gasteiger partial charge in [0, 0.05) is 12.2 Å². The lowest BCUT2D eigenvalue weighted by Crippen LogP contribution is -2.17. The van der Waals surface area contributed by atoms with Gasteiger partial charge in [-0.25, -0.2) is 9.59 Å². The van der Waals surface area contributed by atoms with E-state index in [9.17, 15) is 9.59 Å². The Kier molecular flexibility index (Phi) is 4.17. The lowest BCUT2D eigenvalue weighted by molar-refractivity contribution is -0.141. The molecule has 0 spiro atoms. The van der Waals surface area contributed by atoms with Crippen molar-refractivity contribution < 1.29 is 19.4 Å². The molecule has 0 aromatic rings. The summed E-state index contributed by atoms with van der Waals surface area (Å²) in [5, 5.41) is 8.20. The SMILES string of the molecule is CC(C)(C)COC(=O)/C=C\C(=O)O. The number of carbonyl (C=O) groups excluding carboxylic acids is 1. The predicted octanol–water partition coefficient (Wildman–Crippen LogP) is 1.22. The lowest BCUT2D eigenvalue weighted by Gasteiger charge is -2.16. The quantitative estimate of drug-likeness (QED) is 0.531. The van der Waals surface area contributed by atoms with E-state index in [2.05, 4.69) is 0 Å². The van der Waals surface area contributed by atoms with Crippen LogP contribution in [-0.2, 0) is 14.3 Å². The van der Waals surface area contributed by atoms with Crippen molar-refractivity contribution in [1.29, 1.82) is 0 Å². The van der Waals surface area contributed by atoms with Gasteiger partial charge in [0.2, 0.25) is 0 Å². The van der Waals surface area contributed by atoms with Crippen molar-refractivity contribution in [3.63, 3.8) is 0 Å². The third-order valence-corrected chi connectivity index (χ3v) is 1.01. The van der Waals surface area contributed by atoms with Crippen molar-refractivity contribution in [2.45, 2.75) is 20.8 Å². The van der Waals surface area contributed by atoms with E-state index < -0.39 is 11.9 Å². The first-order valence-electron chi connectivity index (χ1n) is 3.89. The molecule has 0 unspecified atom stereocenters. The van der Waals surface area contributed by atoms with Crippen LogP contribution in [0.3, 0.4) is 0 Å². The maximum atomic E-state index is 10.8. The molecule has 0 fully saturated rings. The third-order valence-electron chi connectivity index (χ3n) is 1.01. The summed E-state index contributed by atoms with van der Waals surface area (Å²) in [7, 11) is 0. The highest BCUT2D eigenvalue weighted by Gasteiger charge is 2.12. The average molecular weight is 186 g/mol. The van der Waals surface area contributed by atoms with E-state index in [4.69, 9.17) is 9.84 Å². The van der Waals surface area contributed by atoms with Gasteiger partial charge in [-0.2, -0.15) is 0 Å². The second-order valence-electron chi connectivity index (χ2n) is 3.84. The zero-order valence-corrected chi connectivity index (χ0v) is 8.03. The molecule has 0 atom stereocenters. The molecular weight excluding hydrogens is 172 g/mol. The van der Waals surface area contributed by atoms with E-state index in [1.54, 1.807) is 0 Å². The predicted molar refractivity (Wildman–Crippen MR) is 47.2 cm³/mol. The Balaban J connectivity index is 3.83. The number of hydrogen-bond donors (Lipinski definition) is 1. The van der Waals surface area contributed by atoms with Crippen LogP contribution in [0.1, 0.15) is 20.8 Å². The molecule has 0 aromatic heterocycles. The van der Waals surface area contributed by atoms with Crippen molar-refractivity contribution >= 4 is 11.9 Å². The molecule has 0 radical (unpaired) electrons. The van der Waals surface area contributed by atoms with Crippen LogP contribution in [0.25, 0.3) is 0 Å². The van der Waals surface area contributed by atoms with Gasteiger partial charge in [-0.1, -0.05) is 20.8 Å². The molecule has 0 heterocycles. The largest absolute Gasteiger partial charge is 0.478 e. The van der Waals surface area contributed by atoms with Gasteiger partial charge in [0.15, 0.2) is 0 Å². The van der Waals surface area contributed by atoms with Gasteiger partial charge >= 0.3 is 11.9 Å². The number of rotatable bonds is 3. The average Bonchev–Trinajstić information content (AvgIpc) is 1.95. The monoisotopic (exact) mass is 186 g/mol. The van der Waals surface area contributed by atoms with E-state index in [0.29, 0.717) is 0 Å². The summed E-state index contributed by atoms with van der Waals surface area (Å²) in [4.78, 5) is 20.8. The molecule has 0 aromatic carbocycles. The van der Waals surface area contributed by atoms with Crippen LogP contribution in [0.2, 0.25) is 0 Å². The van der Waals surface area contributed by atoms with Gasteiger partial charge in [0.1, 0.15) is 0 Å². The van der Waals surface area contributed by atoms with Crippen LogP contribution in [0.15, 0.2) is 12.2 Å². The summed E-state index contributed by atoms with van der Waals surface area (Å²) in [5.41, 5.74) is -0.104. The summed E-state index contributed by atoms with van der Waals surface area (Å²) in [5.74, 6) is -1.79. The fraction of sp³-hybridized carbons (Fsp3) is 0.556. The summed E-state index contributed by atoms with van der Waals surface area (Å²) in [6.45, 7) is 6.03. The Bertz CT molecular complexity index is 222. The number of carbonyl (C=O) groups is 2. The molecule has 74 valence electrons. The molecule has 0 bridgehead atoms. The number of ether oxygens (including phenoxy) is 1. The summed E-state index contributed by atoms with van der Waals surface area (Å²) < 4.78 is 4.77. The molecule has 1 N–H and O–H groups in total. The maximum absolute atomic E-state index is 10.8. The number of carboxylic acids is 1. The zero-order chi connectivity index (χ0) is 10.5. The molecule has 0 saturated carbocycles. The number of hydrogen-bond acceptors (Lipinski definition) is 3. The fourth-order valence-electron chi connectivity index (χ4n) is 0.475. The molecule has 0 aliphatic heterocycles. The summed E-state index contributed by atoms with van der Waals surface area (Å²) >= 11 is 0. The molecule has 0 amide bonds. The second-order valence-corrected chi connectivity index (χ2v) is 3.84. The minimum absolute atomic E-state index is 0.104. The standard InChI is InChI=1S/C9H14O4/c1-9(2,3)6-13-8(12)5-4-7(10)11/h4-5H,6H2,1-3H3,(H,10,11)/b5-4-. The van der Waals surface area contributed by atoms with Gasteiger partial charge in [0.25, 0.3) is 0 Å². The minimum Gasteiger partial charge on any atom is -0.478 e. The summed E-state index contributed by atoms with van der Waals surface area (Å²) in [6.07, 6.45) is 1.65. The Morgan fingerprint density at radius 1 is 1.31 bits per heavy atom. The van der Waals surface area contributed by atoms with E-state index in [0.717, 1.165) is 12.2 Å². The fourth-order valence-corrected chi connectivity index (χ4v) is 0.475. The van der Waals surface area contributed by atoms with E-state index in [1.165, 1.54) is 0 Å². The van der Waals surface area contributed by atoms with Crippen molar-refractivity contribution in [2.75, 3.05) is 6.61 Å². The number of aliphatic carboxylic acids is 1. The first-order valence-corrected chi connectivity index (χ1v) is 3.89. The normalized spacial score (nSPS) is 11.6. The molecule has 0 saturated heterocycles.